The molecule has 0 aromatic heterocycles. The van der Waals surface area contributed by atoms with Crippen molar-refractivity contribution in [3.05, 3.63) is 29.8 Å². The lowest BCUT2D eigenvalue weighted by atomic mass is 10.1. The number of carbonyl (C=O) groups excluding carboxylic acids is 2. The number of nitrogens with one attached hydrogen (secondary N) is 2. The van der Waals surface area contributed by atoms with Crippen LogP contribution in [0.3, 0.4) is 0 Å². The van der Waals surface area contributed by atoms with Gasteiger partial charge in [-0.05, 0) is 50.3 Å². The molecule has 2 unspecified atom stereocenters. The van der Waals surface area contributed by atoms with Gasteiger partial charge in [0.2, 0.25) is 5.91 Å². The third-order valence-electron chi connectivity index (χ3n) is 5.07. The van der Waals surface area contributed by atoms with Crippen LogP contribution in [0.25, 0.3) is 0 Å². The van der Waals surface area contributed by atoms with Crippen LogP contribution in [0.1, 0.15) is 44.6 Å². The van der Waals surface area contributed by atoms with Crippen molar-refractivity contribution >= 4 is 17.6 Å². The van der Waals surface area contributed by atoms with Crippen LogP contribution in [0.2, 0.25) is 0 Å². The zero-order valence-electron chi connectivity index (χ0n) is 16.6. The Hall–Kier alpha value is -2.12. The summed E-state index contributed by atoms with van der Waals surface area (Å²) in [6, 6.07) is 7.26. The Morgan fingerprint density at radius 1 is 1.36 bits per heavy atom. The van der Waals surface area contributed by atoms with Gasteiger partial charge in [0.25, 0.3) is 0 Å². The van der Waals surface area contributed by atoms with Crippen LogP contribution in [-0.4, -0.2) is 55.3 Å². The van der Waals surface area contributed by atoms with Crippen molar-refractivity contribution in [1.82, 2.24) is 10.2 Å². The molecule has 3 amide bonds. The van der Waals surface area contributed by atoms with Gasteiger partial charge in [-0.2, -0.15) is 0 Å². The van der Waals surface area contributed by atoms with E-state index in [-0.39, 0.29) is 24.1 Å². The van der Waals surface area contributed by atoms with Gasteiger partial charge in [-0.1, -0.05) is 12.1 Å². The lowest BCUT2D eigenvalue weighted by Crippen LogP contribution is -2.44. The third-order valence-corrected chi connectivity index (χ3v) is 5.07. The number of rotatable bonds is 8. The van der Waals surface area contributed by atoms with Crippen molar-refractivity contribution in [2.24, 2.45) is 0 Å². The van der Waals surface area contributed by atoms with Crippen molar-refractivity contribution < 1.29 is 19.1 Å². The SMILES string of the molecule is CC(CN1CCCC1=O)NC(=O)Nc1cccc(COCC2CCCCO2)c1. The lowest BCUT2D eigenvalue weighted by molar-refractivity contribution is -0.127. The molecule has 2 saturated heterocycles. The third kappa shape index (κ3) is 6.49. The van der Waals surface area contributed by atoms with Crippen LogP contribution >= 0.6 is 0 Å². The Balaban J connectivity index is 1.40. The zero-order chi connectivity index (χ0) is 19.8. The molecule has 3 rings (SSSR count). The fourth-order valence-corrected chi connectivity index (χ4v) is 3.65. The van der Waals surface area contributed by atoms with E-state index in [0.29, 0.717) is 26.2 Å². The smallest absolute Gasteiger partial charge is 0.319 e. The Labute approximate surface area is 166 Å². The Morgan fingerprint density at radius 2 is 2.25 bits per heavy atom. The lowest BCUT2D eigenvalue weighted by Gasteiger charge is -2.22. The average molecular weight is 389 g/mol. The summed E-state index contributed by atoms with van der Waals surface area (Å²) in [4.78, 5) is 25.7. The molecule has 2 atom stereocenters. The number of hydrogen-bond donors (Lipinski definition) is 2. The molecule has 0 radical (unpaired) electrons. The van der Waals surface area contributed by atoms with Crippen LogP contribution in [0.15, 0.2) is 24.3 Å². The second-order valence-electron chi connectivity index (χ2n) is 7.65. The van der Waals surface area contributed by atoms with Crippen molar-refractivity contribution in [1.29, 1.82) is 0 Å². The molecule has 2 heterocycles. The van der Waals surface area contributed by atoms with Crippen molar-refractivity contribution in [3.63, 3.8) is 0 Å². The molecule has 2 N–H and O–H groups in total. The van der Waals surface area contributed by atoms with Gasteiger partial charge in [-0.25, -0.2) is 4.79 Å². The molecule has 0 spiro atoms. The number of hydrogen-bond acceptors (Lipinski definition) is 4. The van der Waals surface area contributed by atoms with E-state index in [1.165, 1.54) is 6.42 Å². The number of likely N-dealkylation sites (tertiary alicyclic amines) is 1. The standard InChI is InChI=1S/C21H31N3O4/c1-16(13-24-10-5-9-20(24)25)22-21(26)23-18-7-4-6-17(12-18)14-27-15-19-8-2-3-11-28-19/h4,6-7,12,16,19H,2-3,5,8-11,13-15H2,1H3,(H2,22,23,26). The summed E-state index contributed by atoms with van der Waals surface area (Å²) in [7, 11) is 0. The molecule has 2 fully saturated rings. The highest BCUT2D eigenvalue weighted by Crippen LogP contribution is 2.15. The highest BCUT2D eigenvalue weighted by atomic mass is 16.5. The van der Waals surface area contributed by atoms with Crippen LogP contribution < -0.4 is 10.6 Å². The summed E-state index contributed by atoms with van der Waals surface area (Å²) in [5, 5.41) is 5.75. The monoisotopic (exact) mass is 389 g/mol. The van der Waals surface area contributed by atoms with E-state index in [2.05, 4.69) is 10.6 Å². The molecular formula is C21H31N3O4. The largest absolute Gasteiger partial charge is 0.376 e. The van der Waals surface area contributed by atoms with Crippen LogP contribution in [0, 0.1) is 0 Å². The fraction of sp³-hybridized carbons (Fsp3) is 0.619. The predicted octanol–water partition coefficient (Wildman–Crippen LogP) is 2.90. The summed E-state index contributed by atoms with van der Waals surface area (Å²) in [5.74, 6) is 0.167. The fourth-order valence-electron chi connectivity index (χ4n) is 3.65. The van der Waals surface area contributed by atoms with Crippen molar-refractivity contribution in [2.45, 2.75) is 57.8 Å². The van der Waals surface area contributed by atoms with E-state index in [1.807, 2.05) is 31.2 Å². The molecule has 7 heteroatoms. The first-order valence-electron chi connectivity index (χ1n) is 10.2. The van der Waals surface area contributed by atoms with Crippen molar-refractivity contribution in [3.8, 4) is 0 Å². The topological polar surface area (TPSA) is 79.9 Å². The minimum Gasteiger partial charge on any atom is -0.376 e. The van der Waals surface area contributed by atoms with Gasteiger partial charge in [-0.3, -0.25) is 4.79 Å². The van der Waals surface area contributed by atoms with Gasteiger partial charge < -0.3 is 25.0 Å². The van der Waals surface area contributed by atoms with E-state index in [9.17, 15) is 9.59 Å². The van der Waals surface area contributed by atoms with E-state index in [4.69, 9.17) is 9.47 Å². The second kappa shape index (κ2) is 10.4. The van der Waals surface area contributed by atoms with E-state index in [0.717, 1.165) is 43.7 Å². The molecule has 28 heavy (non-hydrogen) atoms. The number of amides is 3. The number of anilines is 1. The molecule has 2 aliphatic heterocycles. The Morgan fingerprint density at radius 3 is 3.00 bits per heavy atom. The molecule has 0 aliphatic carbocycles. The van der Waals surface area contributed by atoms with Gasteiger partial charge in [0.15, 0.2) is 0 Å². The van der Waals surface area contributed by atoms with Gasteiger partial charge >= 0.3 is 6.03 Å². The maximum absolute atomic E-state index is 12.2. The highest BCUT2D eigenvalue weighted by molar-refractivity contribution is 5.89. The quantitative estimate of drug-likeness (QED) is 0.716. The van der Waals surface area contributed by atoms with Gasteiger partial charge in [0, 0.05) is 37.8 Å². The molecule has 1 aromatic rings. The molecule has 7 nitrogen and oxygen atoms in total. The van der Waals surface area contributed by atoms with Crippen molar-refractivity contribution in [2.75, 3.05) is 31.6 Å². The summed E-state index contributed by atoms with van der Waals surface area (Å²) >= 11 is 0. The Kier molecular flexibility index (Phi) is 7.68. The minimum atomic E-state index is -0.271. The minimum absolute atomic E-state index is 0.107. The average Bonchev–Trinajstić information content (AvgIpc) is 3.07. The highest BCUT2D eigenvalue weighted by Gasteiger charge is 2.22. The van der Waals surface area contributed by atoms with Gasteiger partial charge in [0.05, 0.1) is 19.3 Å². The van der Waals surface area contributed by atoms with E-state index < -0.39 is 0 Å². The maximum Gasteiger partial charge on any atom is 0.319 e. The molecule has 0 saturated carbocycles. The first-order chi connectivity index (χ1) is 13.6. The summed E-state index contributed by atoms with van der Waals surface area (Å²) in [6.45, 7) is 5.15. The first kappa shape index (κ1) is 20.6. The number of nitrogens with zero attached hydrogens (tertiary/aromatic N) is 1. The summed E-state index contributed by atoms with van der Waals surface area (Å²) in [6.07, 6.45) is 5.11. The number of ether oxygens (including phenoxy) is 2. The predicted molar refractivity (Wildman–Crippen MR) is 107 cm³/mol. The number of urea groups is 1. The molecule has 1 aromatic carbocycles. The normalized spacial score (nSPS) is 20.8. The molecule has 2 aliphatic rings. The summed E-state index contributed by atoms with van der Waals surface area (Å²) in [5.41, 5.74) is 1.72. The van der Waals surface area contributed by atoms with E-state index in [1.54, 1.807) is 4.90 Å². The number of carbonyl (C=O) groups is 2. The van der Waals surface area contributed by atoms with E-state index >= 15 is 0 Å². The Bertz CT molecular complexity index is 661. The molecule has 154 valence electrons. The van der Waals surface area contributed by atoms with Crippen LogP contribution in [0.5, 0.6) is 0 Å². The second-order valence-corrected chi connectivity index (χ2v) is 7.65. The van der Waals surface area contributed by atoms with Crippen LogP contribution in [0.4, 0.5) is 10.5 Å². The number of benzene rings is 1. The maximum atomic E-state index is 12.2. The molecular weight excluding hydrogens is 358 g/mol. The molecule has 0 bridgehead atoms. The van der Waals surface area contributed by atoms with Gasteiger partial charge in [-0.15, -0.1) is 0 Å². The summed E-state index contributed by atoms with van der Waals surface area (Å²) < 4.78 is 11.4. The first-order valence-corrected chi connectivity index (χ1v) is 10.2. The van der Waals surface area contributed by atoms with Gasteiger partial charge in [0.1, 0.15) is 0 Å². The zero-order valence-corrected chi connectivity index (χ0v) is 16.6. The van der Waals surface area contributed by atoms with Crippen LogP contribution in [-0.2, 0) is 20.9 Å².